The summed E-state index contributed by atoms with van der Waals surface area (Å²) in [6, 6.07) is 9.54. The first-order valence-corrected chi connectivity index (χ1v) is 8.58. The Labute approximate surface area is 162 Å². The van der Waals surface area contributed by atoms with Crippen LogP contribution >= 0.6 is 11.6 Å². The molecule has 1 aromatic carbocycles. The van der Waals surface area contributed by atoms with Gasteiger partial charge >= 0.3 is 5.97 Å². The molecule has 2 aromatic rings. The summed E-state index contributed by atoms with van der Waals surface area (Å²) in [6.45, 7) is 1.36. The van der Waals surface area contributed by atoms with Crippen LogP contribution in [0.2, 0.25) is 5.15 Å². The molecule has 1 heterocycles. The Morgan fingerprint density at radius 1 is 1.22 bits per heavy atom. The molecule has 0 aliphatic heterocycles. The third kappa shape index (κ3) is 5.55. The molecule has 0 aliphatic rings. The van der Waals surface area contributed by atoms with Crippen molar-refractivity contribution in [3.63, 3.8) is 0 Å². The number of nitrogens with one attached hydrogen (secondary N) is 1. The highest BCUT2D eigenvalue weighted by molar-refractivity contribution is 6.32. The molecule has 9 heteroatoms. The molecule has 0 unspecified atom stereocenters. The number of halogens is 1. The molecule has 0 fully saturated rings. The van der Waals surface area contributed by atoms with Crippen molar-refractivity contribution < 1.29 is 19.1 Å². The summed E-state index contributed by atoms with van der Waals surface area (Å²) in [4.78, 5) is 36.8. The van der Waals surface area contributed by atoms with Crippen molar-refractivity contribution in [1.29, 1.82) is 0 Å². The summed E-state index contributed by atoms with van der Waals surface area (Å²) >= 11 is 6.28. The maximum Gasteiger partial charge on any atom is 0.343 e. The molecule has 2 amide bonds. The van der Waals surface area contributed by atoms with Crippen molar-refractivity contribution in [2.45, 2.75) is 13.5 Å². The number of likely N-dealkylation sites (N-methyl/N-ethyl adjacent to an activating group) is 1. The zero-order chi connectivity index (χ0) is 20.0. The average molecular weight is 393 g/mol. The van der Waals surface area contributed by atoms with Gasteiger partial charge in [-0.3, -0.25) is 9.59 Å². The van der Waals surface area contributed by atoms with Gasteiger partial charge in [0.2, 0.25) is 5.91 Å². The Hall–Kier alpha value is -2.87. The molecule has 0 atom stereocenters. The van der Waals surface area contributed by atoms with Crippen molar-refractivity contribution in [2.24, 2.45) is 0 Å². The van der Waals surface area contributed by atoms with Crippen LogP contribution in [-0.4, -0.2) is 59.7 Å². The lowest BCUT2D eigenvalue weighted by Gasteiger charge is -2.11. The molecule has 0 saturated carbocycles. The molecule has 1 N–H and O–H groups in total. The standard InChI is InChI=1S/C18H21ClN4O4/c1-12-16(17(19)23(21-12)10-13-7-5-4-6-8-13)18(26)27-11-14(24)20-9-15(25)22(2)3/h4-8H,9-11H2,1-3H3,(H,20,24). The smallest absolute Gasteiger partial charge is 0.343 e. The SMILES string of the molecule is Cc1nn(Cc2ccccc2)c(Cl)c1C(=O)OCC(=O)NCC(=O)N(C)C. The molecular weight excluding hydrogens is 372 g/mol. The molecule has 144 valence electrons. The van der Waals surface area contributed by atoms with Crippen LogP contribution < -0.4 is 5.32 Å². The molecule has 0 spiro atoms. The number of aryl methyl sites for hydroxylation is 1. The van der Waals surface area contributed by atoms with E-state index in [1.54, 1.807) is 21.0 Å². The van der Waals surface area contributed by atoms with E-state index < -0.39 is 18.5 Å². The van der Waals surface area contributed by atoms with Crippen LogP contribution in [-0.2, 0) is 20.9 Å². The number of carbonyl (C=O) groups is 3. The van der Waals surface area contributed by atoms with E-state index in [-0.39, 0.29) is 23.2 Å². The molecule has 1 aromatic heterocycles. The quantitative estimate of drug-likeness (QED) is 0.716. The van der Waals surface area contributed by atoms with Gasteiger partial charge in [0.05, 0.1) is 18.8 Å². The second kappa shape index (κ2) is 9.18. The number of benzene rings is 1. The van der Waals surface area contributed by atoms with Gasteiger partial charge in [0, 0.05) is 14.1 Å². The third-order valence-corrected chi connectivity index (χ3v) is 4.10. The fraction of sp³-hybridized carbons (Fsp3) is 0.333. The topological polar surface area (TPSA) is 93.5 Å². The van der Waals surface area contributed by atoms with Crippen LogP contribution in [0.25, 0.3) is 0 Å². The zero-order valence-corrected chi connectivity index (χ0v) is 16.1. The van der Waals surface area contributed by atoms with Gasteiger partial charge in [0.15, 0.2) is 6.61 Å². The predicted octanol–water partition coefficient (Wildman–Crippen LogP) is 1.25. The Balaban J connectivity index is 1.96. The maximum absolute atomic E-state index is 12.3. The number of carbonyl (C=O) groups excluding carboxylic acids is 3. The van der Waals surface area contributed by atoms with E-state index in [4.69, 9.17) is 16.3 Å². The van der Waals surface area contributed by atoms with Crippen LogP contribution in [0.5, 0.6) is 0 Å². The van der Waals surface area contributed by atoms with E-state index in [0.717, 1.165) is 5.56 Å². The van der Waals surface area contributed by atoms with E-state index >= 15 is 0 Å². The van der Waals surface area contributed by atoms with Crippen molar-refractivity contribution in [3.05, 3.63) is 52.3 Å². The van der Waals surface area contributed by atoms with Crippen molar-refractivity contribution in [1.82, 2.24) is 20.0 Å². The molecular formula is C18H21ClN4O4. The van der Waals surface area contributed by atoms with E-state index in [0.29, 0.717) is 12.2 Å². The Bertz CT molecular complexity index is 833. The van der Waals surface area contributed by atoms with E-state index in [2.05, 4.69) is 10.4 Å². The van der Waals surface area contributed by atoms with Crippen LogP contribution in [0.3, 0.4) is 0 Å². The Morgan fingerprint density at radius 2 is 1.89 bits per heavy atom. The van der Waals surface area contributed by atoms with E-state index in [9.17, 15) is 14.4 Å². The second-order valence-electron chi connectivity index (χ2n) is 6.04. The third-order valence-electron chi connectivity index (χ3n) is 3.71. The number of aromatic nitrogens is 2. The second-order valence-corrected chi connectivity index (χ2v) is 6.39. The van der Waals surface area contributed by atoms with Gasteiger partial charge in [-0.25, -0.2) is 9.48 Å². The fourth-order valence-corrected chi connectivity index (χ4v) is 2.54. The summed E-state index contributed by atoms with van der Waals surface area (Å²) in [6.07, 6.45) is 0. The van der Waals surface area contributed by atoms with Gasteiger partial charge in [-0.15, -0.1) is 0 Å². The summed E-state index contributed by atoms with van der Waals surface area (Å²) in [7, 11) is 3.15. The first kappa shape index (κ1) is 20.4. The molecule has 8 nitrogen and oxygen atoms in total. The number of nitrogens with zero attached hydrogens (tertiary/aromatic N) is 3. The van der Waals surface area contributed by atoms with Gasteiger partial charge in [-0.05, 0) is 12.5 Å². The van der Waals surface area contributed by atoms with Crippen molar-refractivity contribution in [3.8, 4) is 0 Å². The molecule has 0 aliphatic carbocycles. The van der Waals surface area contributed by atoms with Crippen molar-refractivity contribution >= 4 is 29.4 Å². The summed E-state index contributed by atoms with van der Waals surface area (Å²) in [5, 5.41) is 6.79. The van der Waals surface area contributed by atoms with E-state index in [1.165, 1.54) is 9.58 Å². The number of amides is 2. The number of ether oxygens (including phenoxy) is 1. The van der Waals surface area contributed by atoms with Crippen LogP contribution in [0.15, 0.2) is 30.3 Å². The minimum atomic E-state index is -0.745. The lowest BCUT2D eigenvalue weighted by molar-refractivity contribution is -0.131. The Kier molecular flexibility index (Phi) is 6.95. The molecule has 2 rings (SSSR count). The number of esters is 1. The van der Waals surface area contributed by atoms with Gasteiger partial charge in [-0.1, -0.05) is 41.9 Å². The minimum absolute atomic E-state index is 0.116. The van der Waals surface area contributed by atoms with Gasteiger partial charge in [-0.2, -0.15) is 5.10 Å². The average Bonchev–Trinajstić information content (AvgIpc) is 2.91. The lowest BCUT2D eigenvalue weighted by Crippen LogP contribution is -2.38. The summed E-state index contributed by atoms with van der Waals surface area (Å²) < 4.78 is 6.49. The highest BCUT2D eigenvalue weighted by Gasteiger charge is 2.22. The summed E-state index contributed by atoms with van der Waals surface area (Å²) in [5.41, 5.74) is 1.50. The minimum Gasteiger partial charge on any atom is -0.452 e. The highest BCUT2D eigenvalue weighted by atomic mass is 35.5. The number of rotatable bonds is 7. The monoisotopic (exact) mass is 392 g/mol. The lowest BCUT2D eigenvalue weighted by atomic mass is 10.2. The molecule has 0 saturated heterocycles. The summed E-state index contributed by atoms with van der Waals surface area (Å²) in [5.74, 6) is -1.59. The molecule has 0 radical (unpaired) electrons. The molecule has 0 bridgehead atoms. The Morgan fingerprint density at radius 3 is 2.52 bits per heavy atom. The fourth-order valence-electron chi connectivity index (χ4n) is 2.23. The van der Waals surface area contributed by atoms with E-state index in [1.807, 2.05) is 30.3 Å². The highest BCUT2D eigenvalue weighted by Crippen LogP contribution is 2.21. The van der Waals surface area contributed by atoms with Crippen LogP contribution in [0.1, 0.15) is 21.6 Å². The zero-order valence-electron chi connectivity index (χ0n) is 15.4. The normalized spacial score (nSPS) is 10.4. The van der Waals surface area contributed by atoms with Crippen molar-refractivity contribution in [2.75, 3.05) is 27.2 Å². The van der Waals surface area contributed by atoms with Crippen LogP contribution in [0.4, 0.5) is 0 Å². The van der Waals surface area contributed by atoms with Gasteiger partial charge in [0.25, 0.3) is 5.91 Å². The predicted molar refractivity (Wildman–Crippen MR) is 99.5 cm³/mol. The maximum atomic E-state index is 12.3. The first-order chi connectivity index (χ1) is 12.8. The van der Waals surface area contributed by atoms with Gasteiger partial charge < -0.3 is 15.0 Å². The van der Waals surface area contributed by atoms with Gasteiger partial charge in [0.1, 0.15) is 10.7 Å². The molecule has 27 heavy (non-hydrogen) atoms. The largest absolute Gasteiger partial charge is 0.452 e. The number of hydrogen-bond acceptors (Lipinski definition) is 5. The number of hydrogen-bond donors (Lipinski definition) is 1. The first-order valence-electron chi connectivity index (χ1n) is 8.20. The van der Waals surface area contributed by atoms with Crippen LogP contribution in [0, 0.1) is 6.92 Å².